The van der Waals surface area contributed by atoms with Gasteiger partial charge in [-0.2, -0.15) is 0 Å². The number of allylic oxidation sites excluding steroid dienone is 1. The van der Waals surface area contributed by atoms with Crippen LogP contribution in [-0.2, 0) is 4.79 Å². The standard InChI is InChI=1S/C25H23N3O2/c1-30-18-11-9-16(10-12-18)17-14-22-24(23(29)15-17)25(21-8-4-5-13-26-21)28-20-7-3-2-6-19(20)27-22/h2-13,17,25,27-28H,14-15H2,1H3. The normalized spacial score (nSPS) is 20.4. The first-order valence-corrected chi connectivity index (χ1v) is 10.2. The van der Waals surface area contributed by atoms with Crippen LogP contribution in [0, 0.1) is 0 Å². The van der Waals surface area contributed by atoms with Gasteiger partial charge in [0, 0.05) is 23.9 Å². The predicted octanol–water partition coefficient (Wildman–Crippen LogP) is 5.07. The Morgan fingerprint density at radius 1 is 0.933 bits per heavy atom. The second-order valence-electron chi connectivity index (χ2n) is 7.70. The summed E-state index contributed by atoms with van der Waals surface area (Å²) in [5, 5.41) is 7.11. The highest BCUT2D eigenvalue weighted by Crippen LogP contribution is 2.43. The number of benzene rings is 2. The molecular weight excluding hydrogens is 374 g/mol. The van der Waals surface area contributed by atoms with Crippen molar-refractivity contribution in [3.05, 3.63) is 95.5 Å². The lowest BCUT2D eigenvalue weighted by Gasteiger charge is -2.29. The smallest absolute Gasteiger partial charge is 0.163 e. The highest BCUT2D eigenvalue weighted by atomic mass is 16.5. The lowest BCUT2D eigenvalue weighted by atomic mass is 9.79. The summed E-state index contributed by atoms with van der Waals surface area (Å²) < 4.78 is 5.28. The number of hydrogen-bond acceptors (Lipinski definition) is 5. The summed E-state index contributed by atoms with van der Waals surface area (Å²) in [5.41, 5.74) is 5.70. The third-order valence-electron chi connectivity index (χ3n) is 5.88. The van der Waals surface area contributed by atoms with Crippen LogP contribution in [0.2, 0.25) is 0 Å². The lowest BCUT2D eigenvalue weighted by molar-refractivity contribution is -0.116. The molecule has 150 valence electrons. The Hall–Kier alpha value is -3.60. The van der Waals surface area contributed by atoms with Crippen molar-refractivity contribution >= 4 is 17.2 Å². The summed E-state index contributed by atoms with van der Waals surface area (Å²) in [6.45, 7) is 0. The maximum Gasteiger partial charge on any atom is 0.163 e. The van der Waals surface area contributed by atoms with E-state index < -0.39 is 0 Å². The molecule has 1 aromatic heterocycles. The fourth-order valence-electron chi connectivity index (χ4n) is 4.37. The van der Waals surface area contributed by atoms with Gasteiger partial charge < -0.3 is 15.4 Å². The maximum absolute atomic E-state index is 13.4. The second-order valence-corrected chi connectivity index (χ2v) is 7.70. The van der Waals surface area contributed by atoms with Gasteiger partial charge in [0.15, 0.2) is 5.78 Å². The number of nitrogens with one attached hydrogen (secondary N) is 2. The molecule has 2 atom stereocenters. The monoisotopic (exact) mass is 397 g/mol. The first-order valence-electron chi connectivity index (χ1n) is 10.2. The molecular formula is C25H23N3O2. The molecule has 0 saturated heterocycles. The van der Waals surface area contributed by atoms with Crippen LogP contribution in [-0.4, -0.2) is 17.9 Å². The van der Waals surface area contributed by atoms with Crippen molar-refractivity contribution in [2.45, 2.75) is 24.8 Å². The van der Waals surface area contributed by atoms with Crippen molar-refractivity contribution in [1.29, 1.82) is 0 Å². The molecule has 0 amide bonds. The first-order chi connectivity index (χ1) is 14.7. The maximum atomic E-state index is 13.4. The van der Waals surface area contributed by atoms with Crippen LogP contribution in [0.3, 0.4) is 0 Å². The largest absolute Gasteiger partial charge is 0.497 e. The number of carbonyl (C=O) groups is 1. The number of nitrogens with zero attached hydrogens (tertiary/aromatic N) is 1. The molecule has 2 heterocycles. The van der Waals surface area contributed by atoms with Gasteiger partial charge in [0.2, 0.25) is 0 Å². The molecule has 2 unspecified atom stereocenters. The van der Waals surface area contributed by atoms with Gasteiger partial charge in [-0.05, 0) is 54.3 Å². The van der Waals surface area contributed by atoms with Crippen LogP contribution in [0.15, 0.2) is 84.2 Å². The molecule has 2 N–H and O–H groups in total. The van der Waals surface area contributed by atoms with Crippen molar-refractivity contribution in [3.63, 3.8) is 0 Å². The number of carbonyl (C=O) groups excluding carboxylic acids is 1. The van der Waals surface area contributed by atoms with E-state index in [1.807, 2.05) is 54.6 Å². The summed E-state index contributed by atoms with van der Waals surface area (Å²) in [6, 6.07) is 21.6. The number of rotatable bonds is 3. The van der Waals surface area contributed by atoms with Crippen molar-refractivity contribution in [2.75, 3.05) is 17.7 Å². The fourth-order valence-corrected chi connectivity index (χ4v) is 4.37. The van der Waals surface area contributed by atoms with Crippen molar-refractivity contribution < 1.29 is 9.53 Å². The number of aromatic nitrogens is 1. The van der Waals surface area contributed by atoms with Gasteiger partial charge in [-0.1, -0.05) is 30.3 Å². The molecule has 0 saturated carbocycles. The van der Waals surface area contributed by atoms with Crippen molar-refractivity contribution in [3.8, 4) is 5.75 Å². The molecule has 0 radical (unpaired) electrons. The molecule has 1 aliphatic heterocycles. The average molecular weight is 397 g/mol. The third-order valence-corrected chi connectivity index (χ3v) is 5.88. The summed E-state index contributed by atoms with van der Waals surface area (Å²) in [6.07, 6.45) is 3.02. The minimum absolute atomic E-state index is 0.129. The Balaban J connectivity index is 1.57. The van der Waals surface area contributed by atoms with E-state index in [1.54, 1.807) is 13.3 Å². The highest BCUT2D eigenvalue weighted by molar-refractivity contribution is 6.01. The minimum Gasteiger partial charge on any atom is -0.497 e. The van der Waals surface area contributed by atoms with Crippen LogP contribution in [0.4, 0.5) is 11.4 Å². The van der Waals surface area contributed by atoms with Gasteiger partial charge in [0.05, 0.1) is 30.2 Å². The molecule has 5 rings (SSSR count). The fraction of sp³-hybridized carbons (Fsp3) is 0.200. The Morgan fingerprint density at radius 2 is 1.70 bits per heavy atom. The Morgan fingerprint density at radius 3 is 2.43 bits per heavy atom. The van der Waals surface area contributed by atoms with E-state index in [9.17, 15) is 4.79 Å². The summed E-state index contributed by atoms with van der Waals surface area (Å²) in [7, 11) is 1.66. The third kappa shape index (κ3) is 3.32. The number of ether oxygens (including phenoxy) is 1. The van der Waals surface area contributed by atoms with Gasteiger partial charge >= 0.3 is 0 Å². The molecule has 5 nitrogen and oxygen atoms in total. The SMILES string of the molecule is COc1ccc(C2CC(=O)C3=C(C2)Nc2ccccc2NC3c2ccccn2)cc1. The van der Waals surface area contributed by atoms with Crippen LogP contribution in [0.25, 0.3) is 0 Å². The molecule has 1 aliphatic carbocycles. The minimum atomic E-state index is -0.276. The van der Waals surface area contributed by atoms with Crippen LogP contribution >= 0.6 is 0 Å². The number of pyridine rings is 1. The second kappa shape index (κ2) is 7.67. The van der Waals surface area contributed by atoms with E-state index in [0.29, 0.717) is 6.42 Å². The van der Waals surface area contributed by atoms with Crippen LogP contribution in [0.1, 0.15) is 36.1 Å². The van der Waals surface area contributed by atoms with E-state index in [-0.39, 0.29) is 17.7 Å². The number of hydrogen-bond donors (Lipinski definition) is 2. The topological polar surface area (TPSA) is 63.2 Å². The van der Waals surface area contributed by atoms with Gasteiger partial charge in [-0.25, -0.2) is 0 Å². The molecule has 3 aromatic rings. The molecule has 0 spiro atoms. The number of para-hydroxylation sites is 2. The summed E-state index contributed by atoms with van der Waals surface area (Å²) in [4.78, 5) is 18.0. The number of anilines is 2. The quantitative estimate of drug-likeness (QED) is 0.646. The van der Waals surface area contributed by atoms with Gasteiger partial charge in [0.25, 0.3) is 0 Å². The van der Waals surface area contributed by atoms with Crippen molar-refractivity contribution in [2.24, 2.45) is 0 Å². The van der Waals surface area contributed by atoms with Crippen LogP contribution < -0.4 is 15.4 Å². The van der Waals surface area contributed by atoms with E-state index in [4.69, 9.17) is 4.74 Å². The van der Waals surface area contributed by atoms with Gasteiger partial charge in [0.1, 0.15) is 5.75 Å². The summed E-state index contributed by atoms with van der Waals surface area (Å²) in [5.74, 6) is 1.10. The first kappa shape index (κ1) is 18.4. The van der Waals surface area contributed by atoms with Crippen molar-refractivity contribution in [1.82, 2.24) is 4.98 Å². The summed E-state index contributed by atoms with van der Waals surface area (Å²) >= 11 is 0. The van der Waals surface area contributed by atoms with Gasteiger partial charge in [-0.3, -0.25) is 9.78 Å². The average Bonchev–Trinajstić information content (AvgIpc) is 2.96. The van der Waals surface area contributed by atoms with Gasteiger partial charge in [-0.15, -0.1) is 0 Å². The molecule has 0 fully saturated rings. The highest BCUT2D eigenvalue weighted by Gasteiger charge is 2.36. The Kier molecular flexibility index (Phi) is 4.71. The number of Topliss-reactive ketones (excluding diaryl/α,β-unsaturated/α-hetero) is 1. The van der Waals surface area contributed by atoms with Crippen LogP contribution in [0.5, 0.6) is 5.75 Å². The molecule has 30 heavy (non-hydrogen) atoms. The molecule has 2 aromatic carbocycles. The van der Waals surface area contributed by atoms with E-state index >= 15 is 0 Å². The Labute approximate surface area is 175 Å². The zero-order chi connectivity index (χ0) is 20.5. The zero-order valence-corrected chi connectivity index (χ0v) is 16.8. The van der Waals surface area contributed by atoms with E-state index in [2.05, 4.69) is 27.8 Å². The van der Waals surface area contributed by atoms with E-state index in [0.717, 1.165) is 46.1 Å². The predicted molar refractivity (Wildman–Crippen MR) is 118 cm³/mol. The lowest BCUT2D eigenvalue weighted by Crippen LogP contribution is -2.27. The molecule has 0 bridgehead atoms. The number of methoxy groups -OCH3 is 1. The van der Waals surface area contributed by atoms with E-state index in [1.165, 1.54) is 0 Å². The molecule has 5 heteroatoms. The number of ketones is 1. The zero-order valence-electron chi connectivity index (χ0n) is 16.8. The molecule has 2 aliphatic rings. The Bertz CT molecular complexity index is 1110. The number of fused-ring (bicyclic) bond motifs is 1.